The molecule has 4 heteroatoms. The molecule has 0 N–H and O–H groups in total. The lowest BCUT2D eigenvalue weighted by Gasteiger charge is -2.25. The van der Waals surface area contributed by atoms with E-state index in [1.54, 1.807) is 13.3 Å². The molecule has 0 heterocycles. The van der Waals surface area contributed by atoms with Gasteiger partial charge in [0.1, 0.15) is 11.4 Å². The van der Waals surface area contributed by atoms with E-state index < -0.39 is 11.7 Å². The molecule has 126 valence electrons. The van der Waals surface area contributed by atoms with Crippen LogP contribution in [0.15, 0.2) is 49.2 Å². The Bertz CT molecular complexity index is 541. The highest BCUT2D eigenvalue weighted by molar-refractivity contribution is 5.89. The topological polar surface area (TPSA) is 38.8 Å². The Morgan fingerprint density at radius 2 is 1.91 bits per heavy atom. The summed E-state index contributed by atoms with van der Waals surface area (Å²) in [6, 6.07) is 7.28. The summed E-state index contributed by atoms with van der Waals surface area (Å²) in [7, 11) is 1.61. The third kappa shape index (κ3) is 6.59. The average molecular weight is 317 g/mol. The Balaban J connectivity index is 3.03. The van der Waals surface area contributed by atoms with Crippen LogP contribution in [0, 0.1) is 5.92 Å². The largest absolute Gasteiger partial charge is 0.497 e. The minimum Gasteiger partial charge on any atom is -0.497 e. The van der Waals surface area contributed by atoms with Crippen LogP contribution in [-0.2, 0) is 4.74 Å². The average Bonchev–Trinajstić information content (AvgIpc) is 2.46. The second-order valence-electron chi connectivity index (χ2n) is 6.39. The Hall–Kier alpha value is -2.23. The van der Waals surface area contributed by atoms with Gasteiger partial charge in [-0.3, -0.25) is 4.90 Å². The molecule has 0 bridgehead atoms. The SMILES string of the molecule is C=CC[C@H](C)/C=C\N(C(=O)OC(C)(C)C)c1ccc(OC)cc1. The highest BCUT2D eigenvalue weighted by atomic mass is 16.6. The summed E-state index contributed by atoms with van der Waals surface area (Å²) in [6.07, 6.45) is 6.02. The number of rotatable bonds is 6. The second kappa shape index (κ2) is 8.42. The first-order chi connectivity index (χ1) is 10.8. The van der Waals surface area contributed by atoms with Crippen molar-refractivity contribution in [3.8, 4) is 5.75 Å². The molecule has 0 saturated carbocycles. The van der Waals surface area contributed by atoms with Crippen molar-refractivity contribution >= 4 is 11.8 Å². The van der Waals surface area contributed by atoms with Gasteiger partial charge in [-0.25, -0.2) is 4.79 Å². The number of allylic oxidation sites excluding steroid dienone is 2. The van der Waals surface area contributed by atoms with Gasteiger partial charge in [0.15, 0.2) is 0 Å². The molecule has 4 nitrogen and oxygen atoms in total. The Morgan fingerprint density at radius 3 is 2.39 bits per heavy atom. The van der Waals surface area contributed by atoms with Gasteiger partial charge in [0.2, 0.25) is 0 Å². The number of methoxy groups -OCH3 is 1. The number of benzene rings is 1. The van der Waals surface area contributed by atoms with E-state index in [0.29, 0.717) is 0 Å². The number of nitrogens with zero attached hydrogens (tertiary/aromatic N) is 1. The van der Waals surface area contributed by atoms with E-state index in [-0.39, 0.29) is 5.92 Å². The molecular formula is C19H27NO3. The van der Waals surface area contributed by atoms with Gasteiger partial charge < -0.3 is 9.47 Å². The van der Waals surface area contributed by atoms with Gasteiger partial charge in [0.25, 0.3) is 0 Å². The minimum absolute atomic E-state index is 0.288. The highest BCUT2D eigenvalue weighted by Crippen LogP contribution is 2.22. The molecule has 0 radical (unpaired) electrons. The molecule has 1 atom stereocenters. The fraction of sp³-hybridized carbons (Fsp3) is 0.421. The lowest BCUT2D eigenvalue weighted by Crippen LogP contribution is -2.33. The molecule has 0 unspecified atom stereocenters. The van der Waals surface area contributed by atoms with E-state index >= 15 is 0 Å². The molecule has 0 aliphatic carbocycles. The zero-order valence-electron chi connectivity index (χ0n) is 14.7. The smallest absolute Gasteiger partial charge is 0.418 e. The van der Waals surface area contributed by atoms with Crippen molar-refractivity contribution in [2.45, 2.75) is 39.7 Å². The van der Waals surface area contributed by atoms with E-state index in [1.165, 1.54) is 4.90 Å². The van der Waals surface area contributed by atoms with Crippen molar-refractivity contribution in [1.82, 2.24) is 0 Å². The van der Waals surface area contributed by atoms with Gasteiger partial charge in [-0.05, 0) is 57.4 Å². The van der Waals surface area contributed by atoms with Crippen LogP contribution in [0.25, 0.3) is 0 Å². The molecular weight excluding hydrogens is 290 g/mol. The third-order valence-corrected chi connectivity index (χ3v) is 3.04. The quantitative estimate of drug-likeness (QED) is 0.680. The fourth-order valence-corrected chi connectivity index (χ4v) is 1.88. The molecule has 0 saturated heterocycles. The molecule has 0 aliphatic heterocycles. The molecule has 1 amide bonds. The summed E-state index contributed by atoms with van der Waals surface area (Å²) < 4.78 is 10.6. The molecule has 0 fully saturated rings. The van der Waals surface area contributed by atoms with Crippen molar-refractivity contribution in [3.63, 3.8) is 0 Å². The van der Waals surface area contributed by atoms with Crippen molar-refractivity contribution in [2.75, 3.05) is 12.0 Å². The zero-order valence-corrected chi connectivity index (χ0v) is 14.7. The van der Waals surface area contributed by atoms with Crippen molar-refractivity contribution in [1.29, 1.82) is 0 Å². The number of carbonyl (C=O) groups is 1. The number of anilines is 1. The predicted molar refractivity (Wildman–Crippen MR) is 94.8 cm³/mol. The van der Waals surface area contributed by atoms with Crippen LogP contribution < -0.4 is 9.64 Å². The lowest BCUT2D eigenvalue weighted by atomic mass is 10.1. The number of amides is 1. The van der Waals surface area contributed by atoms with Gasteiger partial charge in [-0.15, -0.1) is 6.58 Å². The van der Waals surface area contributed by atoms with Crippen LogP contribution in [0.5, 0.6) is 5.75 Å². The third-order valence-electron chi connectivity index (χ3n) is 3.04. The van der Waals surface area contributed by atoms with Gasteiger partial charge >= 0.3 is 6.09 Å². The van der Waals surface area contributed by atoms with Crippen molar-refractivity contribution < 1.29 is 14.3 Å². The van der Waals surface area contributed by atoms with Crippen LogP contribution in [0.2, 0.25) is 0 Å². The lowest BCUT2D eigenvalue weighted by molar-refractivity contribution is 0.0596. The van der Waals surface area contributed by atoms with E-state index in [1.807, 2.05) is 57.2 Å². The summed E-state index contributed by atoms with van der Waals surface area (Å²) in [5, 5.41) is 0. The van der Waals surface area contributed by atoms with Gasteiger partial charge in [-0.2, -0.15) is 0 Å². The van der Waals surface area contributed by atoms with Crippen molar-refractivity contribution in [3.05, 3.63) is 49.2 Å². The maximum atomic E-state index is 12.5. The summed E-state index contributed by atoms with van der Waals surface area (Å²) >= 11 is 0. The first-order valence-electron chi connectivity index (χ1n) is 7.72. The van der Waals surface area contributed by atoms with E-state index in [9.17, 15) is 4.79 Å². The molecule has 1 aromatic carbocycles. The predicted octanol–water partition coefficient (Wildman–Crippen LogP) is 5.16. The normalized spacial score (nSPS) is 12.7. The summed E-state index contributed by atoms with van der Waals surface area (Å²) in [6.45, 7) is 11.3. The van der Waals surface area contributed by atoms with E-state index in [0.717, 1.165) is 17.9 Å². The minimum atomic E-state index is -0.553. The van der Waals surface area contributed by atoms with Gasteiger partial charge in [0, 0.05) is 6.20 Å². The Morgan fingerprint density at radius 1 is 1.30 bits per heavy atom. The Labute approximate surface area is 139 Å². The number of hydrogen-bond acceptors (Lipinski definition) is 3. The van der Waals surface area contributed by atoms with Crippen LogP contribution in [0.4, 0.5) is 10.5 Å². The highest BCUT2D eigenvalue weighted by Gasteiger charge is 2.22. The van der Waals surface area contributed by atoms with E-state index in [4.69, 9.17) is 9.47 Å². The van der Waals surface area contributed by atoms with Crippen LogP contribution in [0.1, 0.15) is 34.1 Å². The fourth-order valence-electron chi connectivity index (χ4n) is 1.88. The van der Waals surface area contributed by atoms with Crippen molar-refractivity contribution in [2.24, 2.45) is 5.92 Å². The number of carbonyl (C=O) groups excluding carboxylic acids is 1. The number of hydrogen-bond donors (Lipinski definition) is 0. The molecule has 23 heavy (non-hydrogen) atoms. The monoisotopic (exact) mass is 317 g/mol. The van der Waals surface area contributed by atoms with Gasteiger partial charge in [-0.1, -0.05) is 19.1 Å². The molecule has 0 aliphatic rings. The zero-order chi connectivity index (χ0) is 17.5. The van der Waals surface area contributed by atoms with Crippen LogP contribution in [-0.4, -0.2) is 18.8 Å². The molecule has 1 rings (SSSR count). The van der Waals surface area contributed by atoms with E-state index in [2.05, 4.69) is 13.5 Å². The molecule has 0 spiro atoms. The summed E-state index contributed by atoms with van der Waals surface area (Å²) in [5.41, 5.74) is 0.171. The summed E-state index contributed by atoms with van der Waals surface area (Å²) in [5.74, 6) is 1.03. The second-order valence-corrected chi connectivity index (χ2v) is 6.39. The standard InChI is InChI=1S/C19H27NO3/c1-7-8-15(2)13-14-20(18(21)23-19(3,4)5)16-9-11-17(22-6)12-10-16/h7,9-15H,1,8H2,2-6H3/b14-13-/t15-/m0/s1. The maximum Gasteiger partial charge on any atom is 0.418 e. The van der Waals surface area contributed by atoms with Gasteiger partial charge in [0.05, 0.1) is 12.8 Å². The molecule has 0 aromatic heterocycles. The summed E-state index contributed by atoms with van der Waals surface area (Å²) in [4.78, 5) is 14.0. The number of ether oxygens (including phenoxy) is 2. The van der Waals surface area contributed by atoms with Crippen LogP contribution >= 0.6 is 0 Å². The van der Waals surface area contributed by atoms with Crippen LogP contribution in [0.3, 0.4) is 0 Å². The first kappa shape index (κ1) is 18.8. The molecule has 1 aromatic rings. The first-order valence-corrected chi connectivity index (χ1v) is 7.72. The maximum absolute atomic E-state index is 12.5. The Kier molecular flexibility index (Phi) is 6.89.